The minimum atomic E-state index is -0.0370. The maximum absolute atomic E-state index is 9.71. The van der Waals surface area contributed by atoms with E-state index in [2.05, 4.69) is 29.1 Å². The molecule has 0 rings (SSSR count). The molecule has 0 N–H and O–H groups in total. The lowest BCUT2D eigenvalue weighted by molar-refractivity contribution is -0.123. The Labute approximate surface area is 108 Å². The fourth-order valence-electron chi connectivity index (χ4n) is 0.554. The molecule has 0 aromatic rings. The maximum atomic E-state index is 9.71. The Kier molecular flexibility index (Phi) is 26.7. The van der Waals surface area contributed by atoms with Gasteiger partial charge in [-0.25, -0.2) is 0 Å². The highest BCUT2D eigenvalue weighted by atomic mass is 79.9. The zero-order chi connectivity index (χ0) is 13.4. The maximum Gasteiger partial charge on any atom is 0.154 e. The summed E-state index contributed by atoms with van der Waals surface area (Å²) in [5.74, 6) is 0.171. The quantitative estimate of drug-likeness (QED) is 0.326. The van der Waals surface area contributed by atoms with Crippen LogP contribution in [0.1, 0.15) is 27.7 Å². The largest absolute Gasteiger partial charge is 0.353 e. The molecule has 0 saturated heterocycles. The molecule has 0 aromatic carbocycles. The van der Waals surface area contributed by atoms with Gasteiger partial charge in [-0.1, -0.05) is 22.9 Å². The third-order valence-corrected chi connectivity index (χ3v) is 2.30. The van der Waals surface area contributed by atoms with Gasteiger partial charge >= 0.3 is 0 Å². The van der Waals surface area contributed by atoms with Crippen LogP contribution in [-0.2, 0) is 14.3 Å². The first-order valence-electron chi connectivity index (χ1n) is 5.36. The fraction of sp³-hybridized carbons (Fsp3) is 0.750. The van der Waals surface area contributed by atoms with E-state index in [1.54, 1.807) is 0 Å². The standard InChI is InChI=1S/C6H14O2.C4H7BrO.C2H4/c1-4-7-6(3)8-5-2;1-4(2-5)3-6;1-2/h6H,4-5H2,1-3H3;3-4H,2H2,1H3;1-2H2. The normalized spacial score (nSPS) is 10.6. The highest BCUT2D eigenvalue weighted by Crippen LogP contribution is 1.92. The van der Waals surface area contributed by atoms with Gasteiger partial charge in [-0.3, -0.25) is 0 Å². The Morgan fingerprint density at radius 3 is 1.69 bits per heavy atom. The third-order valence-electron chi connectivity index (χ3n) is 1.28. The van der Waals surface area contributed by atoms with Crippen LogP contribution in [0.15, 0.2) is 13.2 Å². The number of alkyl halides is 1. The van der Waals surface area contributed by atoms with Gasteiger partial charge in [-0.2, -0.15) is 0 Å². The molecular weight excluding hydrogens is 272 g/mol. The molecule has 0 saturated carbocycles. The number of hydrogen-bond acceptors (Lipinski definition) is 3. The van der Waals surface area contributed by atoms with Crippen molar-refractivity contribution in [3.8, 4) is 0 Å². The molecule has 0 aliphatic rings. The molecule has 0 radical (unpaired) electrons. The van der Waals surface area contributed by atoms with Crippen molar-refractivity contribution in [1.29, 1.82) is 0 Å². The van der Waals surface area contributed by atoms with Crippen LogP contribution in [0.5, 0.6) is 0 Å². The summed E-state index contributed by atoms with van der Waals surface area (Å²) in [6.07, 6.45) is 0.888. The summed E-state index contributed by atoms with van der Waals surface area (Å²) >= 11 is 3.14. The Balaban J connectivity index is -0.000000188. The first-order chi connectivity index (χ1) is 7.62. The molecule has 4 heteroatoms. The predicted octanol–water partition coefficient (Wildman–Crippen LogP) is 3.42. The summed E-state index contributed by atoms with van der Waals surface area (Å²) in [6, 6.07) is 0. The van der Waals surface area contributed by atoms with E-state index in [1.807, 2.05) is 27.7 Å². The van der Waals surface area contributed by atoms with Gasteiger partial charge in [0, 0.05) is 24.5 Å². The lowest BCUT2D eigenvalue weighted by Crippen LogP contribution is -2.11. The van der Waals surface area contributed by atoms with Gasteiger partial charge in [0.15, 0.2) is 6.29 Å². The Bertz CT molecular complexity index is 125. The van der Waals surface area contributed by atoms with E-state index in [-0.39, 0.29) is 12.2 Å². The van der Waals surface area contributed by atoms with Crippen LogP contribution in [0.4, 0.5) is 0 Å². The van der Waals surface area contributed by atoms with Gasteiger partial charge in [-0.05, 0) is 20.8 Å². The van der Waals surface area contributed by atoms with Gasteiger partial charge in [-0.15, -0.1) is 13.2 Å². The highest BCUT2D eigenvalue weighted by molar-refractivity contribution is 9.09. The van der Waals surface area contributed by atoms with Crippen LogP contribution in [0, 0.1) is 5.92 Å². The van der Waals surface area contributed by atoms with E-state index in [4.69, 9.17) is 9.47 Å². The Morgan fingerprint density at radius 1 is 1.19 bits per heavy atom. The topological polar surface area (TPSA) is 35.5 Å². The zero-order valence-electron chi connectivity index (χ0n) is 10.9. The third kappa shape index (κ3) is 23.5. The van der Waals surface area contributed by atoms with Crippen LogP contribution in [0.3, 0.4) is 0 Å². The summed E-state index contributed by atoms with van der Waals surface area (Å²) in [5, 5.41) is 0.774. The molecular formula is C12H25BrO3. The van der Waals surface area contributed by atoms with Gasteiger partial charge in [0.25, 0.3) is 0 Å². The number of ether oxygens (including phenoxy) is 2. The SMILES string of the molecule is C=C.CC(C=O)CBr.CCOC(C)OCC. The van der Waals surface area contributed by atoms with Gasteiger partial charge < -0.3 is 14.3 Å². The van der Waals surface area contributed by atoms with Crippen molar-refractivity contribution in [3.63, 3.8) is 0 Å². The predicted molar refractivity (Wildman–Crippen MR) is 73.0 cm³/mol. The van der Waals surface area contributed by atoms with Crippen molar-refractivity contribution in [2.45, 2.75) is 34.0 Å². The van der Waals surface area contributed by atoms with Crippen LogP contribution < -0.4 is 0 Å². The van der Waals surface area contributed by atoms with Crippen molar-refractivity contribution < 1.29 is 14.3 Å². The van der Waals surface area contributed by atoms with Crippen molar-refractivity contribution in [1.82, 2.24) is 0 Å². The average Bonchev–Trinajstić information content (AvgIpc) is 2.32. The van der Waals surface area contributed by atoms with E-state index in [9.17, 15) is 4.79 Å². The first kappa shape index (κ1) is 21.1. The van der Waals surface area contributed by atoms with Crippen molar-refractivity contribution in [2.75, 3.05) is 18.5 Å². The summed E-state index contributed by atoms with van der Waals surface area (Å²) in [7, 11) is 0. The molecule has 1 unspecified atom stereocenters. The molecule has 0 bridgehead atoms. The average molecular weight is 297 g/mol. The van der Waals surface area contributed by atoms with Crippen LogP contribution in [-0.4, -0.2) is 31.1 Å². The van der Waals surface area contributed by atoms with Gasteiger partial charge in [0.2, 0.25) is 0 Å². The molecule has 0 aromatic heterocycles. The molecule has 0 spiro atoms. The summed E-state index contributed by atoms with van der Waals surface area (Å²) < 4.78 is 10.1. The Hall–Kier alpha value is -0.190. The molecule has 3 nitrogen and oxygen atoms in total. The monoisotopic (exact) mass is 296 g/mol. The first-order valence-corrected chi connectivity index (χ1v) is 6.48. The molecule has 1 atom stereocenters. The molecule has 0 aliphatic carbocycles. The molecule has 16 heavy (non-hydrogen) atoms. The zero-order valence-corrected chi connectivity index (χ0v) is 12.5. The van der Waals surface area contributed by atoms with E-state index in [0.29, 0.717) is 0 Å². The smallest absolute Gasteiger partial charge is 0.154 e. The lowest BCUT2D eigenvalue weighted by atomic mass is 10.3. The molecule has 0 amide bonds. The minimum Gasteiger partial charge on any atom is -0.353 e. The summed E-state index contributed by atoms with van der Waals surface area (Å²) in [4.78, 5) is 9.71. The summed E-state index contributed by atoms with van der Waals surface area (Å²) in [5.41, 5.74) is 0. The van der Waals surface area contributed by atoms with Crippen molar-refractivity contribution >= 4 is 22.2 Å². The number of aldehydes is 1. The van der Waals surface area contributed by atoms with Crippen LogP contribution >= 0.6 is 15.9 Å². The number of carbonyl (C=O) groups excluding carboxylic acids is 1. The fourth-order valence-corrected chi connectivity index (χ4v) is 0.707. The van der Waals surface area contributed by atoms with Gasteiger partial charge in [0.1, 0.15) is 6.29 Å². The van der Waals surface area contributed by atoms with Crippen LogP contribution in [0.25, 0.3) is 0 Å². The second kappa shape index (κ2) is 20.3. The highest BCUT2D eigenvalue weighted by Gasteiger charge is 1.94. The van der Waals surface area contributed by atoms with Crippen molar-refractivity contribution in [2.24, 2.45) is 5.92 Å². The molecule has 0 fully saturated rings. The molecule has 0 aliphatic heterocycles. The van der Waals surface area contributed by atoms with Crippen molar-refractivity contribution in [3.05, 3.63) is 13.2 Å². The minimum absolute atomic E-state index is 0.0370. The number of hydrogen-bond donors (Lipinski definition) is 0. The molecule has 98 valence electrons. The second-order valence-electron chi connectivity index (χ2n) is 2.75. The van der Waals surface area contributed by atoms with E-state index in [0.717, 1.165) is 24.8 Å². The summed E-state index contributed by atoms with van der Waals surface area (Å²) in [6.45, 7) is 15.1. The lowest BCUT2D eigenvalue weighted by Gasteiger charge is -2.09. The second-order valence-corrected chi connectivity index (χ2v) is 3.39. The van der Waals surface area contributed by atoms with Crippen LogP contribution in [0.2, 0.25) is 0 Å². The molecule has 0 heterocycles. The number of rotatable bonds is 6. The van der Waals surface area contributed by atoms with E-state index >= 15 is 0 Å². The van der Waals surface area contributed by atoms with E-state index < -0.39 is 0 Å². The number of carbonyl (C=O) groups is 1. The van der Waals surface area contributed by atoms with Gasteiger partial charge in [0.05, 0.1) is 0 Å². The number of halogens is 1. The Morgan fingerprint density at radius 2 is 1.56 bits per heavy atom. The van der Waals surface area contributed by atoms with E-state index in [1.165, 1.54) is 0 Å².